The van der Waals surface area contributed by atoms with E-state index < -0.39 is 0 Å². The second-order valence-corrected chi connectivity index (χ2v) is 5.57. The Balaban J connectivity index is 1.69. The number of rotatable bonds is 4. The van der Waals surface area contributed by atoms with Gasteiger partial charge in [0.25, 0.3) is 0 Å². The lowest BCUT2D eigenvalue weighted by atomic mass is 9.89. The summed E-state index contributed by atoms with van der Waals surface area (Å²) in [5.41, 5.74) is 0. The number of ether oxygens (including phenoxy) is 1. The van der Waals surface area contributed by atoms with E-state index in [9.17, 15) is 4.79 Å². The lowest BCUT2D eigenvalue weighted by Crippen LogP contribution is -2.50. The van der Waals surface area contributed by atoms with Crippen molar-refractivity contribution in [2.24, 2.45) is 5.92 Å². The van der Waals surface area contributed by atoms with Crippen molar-refractivity contribution in [3.63, 3.8) is 0 Å². The monoisotopic (exact) mass is 254 g/mol. The van der Waals surface area contributed by atoms with E-state index in [0.29, 0.717) is 5.92 Å². The van der Waals surface area contributed by atoms with Gasteiger partial charge < -0.3 is 10.1 Å². The highest BCUT2D eigenvalue weighted by Crippen LogP contribution is 2.22. The lowest BCUT2D eigenvalue weighted by Gasteiger charge is -2.32. The molecule has 1 heterocycles. The van der Waals surface area contributed by atoms with Gasteiger partial charge in [0.2, 0.25) is 5.91 Å². The van der Waals surface area contributed by atoms with Crippen molar-refractivity contribution >= 4 is 5.91 Å². The third-order valence-corrected chi connectivity index (χ3v) is 4.26. The molecule has 2 fully saturated rings. The first-order valence-corrected chi connectivity index (χ1v) is 7.37. The summed E-state index contributed by atoms with van der Waals surface area (Å²) in [4.78, 5) is 14.3. The van der Waals surface area contributed by atoms with Gasteiger partial charge >= 0.3 is 0 Å². The van der Waals surface area contributed by atoms with Crippen molar-refractivity contribution in [1.82, 2.24) is 10.2 Å². The van der Waals surface area contributed by atoms with E-state index in [1.807, 2.05) is 6.92 Å². The molecule has 0 bridgehead atoms. The minimum Gasteiger partial charge on any atom is -0.379 e. The van der Waals surface area contributed by atoms with Crippen LogP contribution < -0.4 is 5.32 Å². The molecule has 0 aromatic heterocycles. The minimum absolute atomic E-state index is 0.0162. The summed E-state index contributed by atoms with van der Waals surface area (Å²) >= 11 is 0. The van der Waals surface area contributed by atoms with Gasteiger partial charge in [0.1, 0.15) is 0 Å². The van der Waals surface area contributed by atoms with E-state index in [0.717, 1.165) is 32.8 Å². The fraction of sp³-hybridized carbons (Fsp3) is 0.929. The summed E-state index contributed by atoms with van der Waals surface area (Å²) < 4.78 is 5.31. The average molecular weight is 254 g/mol. The van der Waals surface area contributed by atoms with Gasteiger partial charge in [-0.2, -0.15) is 0 Å². The molecule has 1 aliphatic carbocycles. The van der Waals surface area contributed by atoms with Gasteiger partial charge in [0.15, 0.2) is 0 Å². The number of hydrogen-bond donors (Lipinski definition) is 1. The zero-order chi connectivity index (χ0) is 12.8. The Hall–Kier alpha value is -0.610. The van der Waals surface area contributed by atoms with Crippen molar-refractivity contribution in [2.75, 3.05) is 32.8 Å². The standard InChI is InChI=1S/C14H26N2O2/c1-12(16-7-9-18-10-8-16)14(17)15-11-13-5-3-2-4-6-13/h12-13H,2-11H2,1H3,(H,15,17). The molecule has 1 unspecified atom stereocenters. The van der Waals surface area contributed by atoms with Crippen LogP contribution in [0.2, 0.25) is 0 Å². The first-order chi connectivity index (χ1) is 8.77. The highest BCUT2D eigenvalue weighted by Gasteiger charge is 2.23. The van der Waals surface area contributed by atoms with E-state index in [1.165, 1.54) is 32.1 Å². The quantitative estimate of drug-likeness (QED) is 0.824. The number of amides is 1. The van der Waals surface area contributed by atoms with Gasteiger partial charge in [-0.15, -0.1) is 0 Å². The number of morpholine rings is 1. The Morgan fingerprint density at radius 2 is 1.94 bits per heavy atom. The topological polar surface area (TPSA) is 41.6 Å². The van der Waals surface area contributed by atoms with Crippen LogP contribution in [-0.4, -0.2) is 49.7 Å². The van der Waals surface area contributed by atoms with Crippen LogP contribution in [0.3, 0.4) is 0 Å². The Kier molecular flexibility index (Phi) is 5.45. The van der Waals surface area contributed by atoms with Crippen molar-refractivity contribution < 1.29 is 9.53 Å². The maximum Gasteiger partial charge on any atom is 0.237 e. The molecule has 2 rings (SSSR count). The van der Waals surface area contributed by atoms with Crippen LogP contribution >= 0.6 is 0 Å². The molecule has 1 N–H and O–H groups in total. The van der Waals surface area contributed by atoms with Crippen LogP contribution in [0.15, 0.2) is 0 Å². The van der Waals surface area contributed by atoms with Crippen LogP contribution in [-0.2, 0) is 9.53 Å². The fourth-order valence-electron chi connectivity index (χ4n) is 2.91. The van der Waals surface area contributed by atoms with Crippen LogP contribution in [0.4, 0.5) is 0 Å². The van der Waals surface area contributed by atoms with Crippen LogP contribution in [0.1, 0.15) is 39.0 Å². The van der Waals surface area contributed by atoms with Crippen molar-refractivity contribution in [1.29, 1.82) is 0 Å². The second-order valence-electron chi connectivity index (χ2n) is 5.57. The van der Waals surface area contributed by atoms with Gasteiger partial charge in [-0.05, 0) is 25.7 Å². The first kappa shape index (κ1) is 13.8. The van der Waals surface area contributed by atoms with Gasteiger partial charge in [0.05, 0.1) is 19.3 Å². The lowest BCUT2D eigenvalue weighted by molar-refractivity contribution is -0.127. The van der Waals surface area contributed by atoms with E-state index in [2.05, 4.69) is 10.2 Å². The number of carbonyl (C=O) groups is 1. The molecule has 1 saturated heterocycles. The molecule has 1 saturated carbocycles. The van der Waals surface area contributed by atoms with Crippen molar-refractivity contribution in [3.8, 4) is 0 Å². The maximum absolute atomic E-state index is 12.1. The molecule has 0 spiro atoms. The average Bonchev–Trinajstić information content (AvgIpc) is 2.46. The third kappa shape index (κ3) is 3.95. The largest absolute Gasteiger partial charge is 0.379 e. The second kappa shape index (κ2) is 7.10. The Bertz CT molecular complexity index is 259. The van der Waals surface area contributed by atoms with E-state index in [-0.39, 0.29) is 11.9 Å². The molecule has 0 aromatic rings. The molecule has 18 heavy (non-hydrogen) atoms. The number of carbonyl (C=O) groups excluding carboxylic acids is 1. The highest BCUT2D eigenvalue weighted by atomic mass is 16.5. The highest BCUT2D eigenvalue weighted by molar-refractivity contribution is 5.81. The predicted molar refractivity (Wildman–Crippen MR) is 71.4 cm³/mol. The Morgan fingerprint density at radius 3 is 2.61 bits per heavy atom. The summed E-state index contributed by atoms with van der Waals surface area (Å²) in [5.74, 6) is 0.891. The van der Waals surface area contributed by atoms with E-state index >= 15 is 0 Å². The summed E-state index contributed by atoms with van der Waals surface area (Å²) in [5, 5.41) is 3.13. The zero-order valence-corrected chi connectivity index (χ0v) is 11.5. The van der Waals surface area contributed by atoms with E-state index in [4.69, 9.17) is 4.74 Å². The smallest absolute Gasteiger partial charge is 0.237 e. The fourth-order valence-corrected chi connectivity index (χ4v) is 2.91. The zero-order valence-electron chi connectivity index (χ0n) is 11.5. The molecular weight excluding hydrogens is 228 g/mol. The summed E-state index contributed by atoms with van der Waals surface area (Å²) in [6.45, 7) is 6.12. The molecule has 0 radical (unpaired) electrons. The van der Waals surface area contributed by atoms with Gasteiger partial charge in [-0.3, -0.25) is 9.69 Å². The minimum atomic E-state index is -0.0162. The third-order valence-electron chi connectivity index (χ3n) is 4.26. The normalized spacial score (nSPS) is 24.7. The molecule has 1 aliphatic heterocycles. The van der Waals surface area contributed by atoms with Crippen molar-refractivity contribution in [2.45, 2.75) is 45.1 Å². The van der Waals surface area contributed by atoms with Gasteiger partial charge in [-0.25, -0.2) is 0 Å². The number of nitrogens with one attached hydrogen (secondary N) is 1. The Morgan fingerprint density at radius 1 is 1.28 bits per heavy atom. The van der Waals surface area contributed by atoms with Crippen molar-refractivity contribution in [3.05, 3.63) is 0 Å². The SMILES string of the molecule is CC(C(=O)NCC1CCCCC1)N1CCOCC1. The molecule has 104 valence electrons. The molecule has 0 aromatic carbocycles. The van der Waals surface area contributed by atoms with E-state index in [1.54, 1.807) is 0 Å². The molecule has 1 atom stereocenters. The molecule has 1 amide bonds. The summed E-state index contributed by atoms with van der Waals surface area (Å²) in [6, 6.07) is -0.0162. The molecule has 4 heteroatoms. The molecule has 4 nitrogen and oxygen atoms in total. The molecular formula is C14H26N2O2. The van der Waals surface area contributed by atoms with Gasteiger partial charge in [-0.1, -0.05) is 19.3 Å². The predicted octanol–water partition coefficient (Wildman–Crippen LogP) is 1.40. The Labute approximate surface area is 110 Å². The van der Waals surface area contributed by atoms with Crippen LogP contribution in [0.5, 0.6) is 0 Å². The summed E-state index contributed by atoms with van der Waals surface area (Å²) in [6.07, 6.45) is 6.60. The first-order valence-electron chi connectivity index (χ1n) is 7.37. The van der Waals surface area contributed by atoms with Crippen LogP contribution in [0.25, 0.3) is 0 Å². The maximum atomic E-state index is 12.1. The molecule has 2 aliphatic rings. The summed E-state index contributed by atoms with van der Waals surface area (Å²) in [7, 11) is 0. The van der Waals surface area contributed by atoms with Gasteiger partial charge in [0, 0.05) is 19.6 Å². The number of nitrogens with zero attached hydrogens (tertiary/aromatic N) is 1. The number of hydrogen-bond acceptors (Lipinski definition) is 3. The van der Waals surface area contributed by atoms with Crippen LogP contribution in [0, 0.1) is 5.92 Å².